The van der Waals surface area contributed by atoms with Crippen molar-refractivity contribution in [1.29, 1.82) is 0 Å². The van der Waals surface area contributed by atoms with Gasteiger partial charge >= 0.3 is 24.0 Å². The molecule has 1 N–H and O–H groups in total. The molecule has 0 bridgehead atoms. The average molecular weight is 359 g/mol. The number of carbonyl (C=O) groups excluding carboxylic acids is 4. The maximum atomic E-state index is 11.7. The number of amides is 1. The molecule has 1 amide bonds. The predicted octanol–water partition coefficient (Wildman–Crippen LogP) is 1.11. The molecule has 142 valence electrons. The smallest absolute Gasteiger partial charge is 0.407 e. The highest BCUT2D eigenvalue weighted by atomic mass is 16.6. The molecule has 9 heteroatoms. The third-order valence-electron chi connectivity index (χ3n) is 2.27. The fourth-order valence-electron chi connectivity index (χ4n) is 1.40. The average Bonchev–Trinajstić information content (AvgIpc) is 2.47. The van der Waals surface area contributed by atoms with E-state index < -0.39 is 35.2 Å². The van der Waals surface area contributed by atoms with Crippen LogP contribution in [0.5, 0.6) is 0 Å². The van der Waals surface area contributed by atoms with Gasteiger partial charge in [0.2, 0.25) is 0 Å². The number of ether oxygens (including phenoxy) is 4. The van der Waals surface area contributed by atoms with Crippen molar-refractivity contribution in [2.45, 2.75) is 40.2 Å². The van der Waals surface area contributed by atoms with Gasteiger partial charge in [-0.15, -0.1) is 0 Å². The summed E-state index contributed by atoms with van der Waals surface area (Å²) in [4.78, 5) is 46.4. The van der Waals surface area contributed by atoms with Gasteiger partial charge in [0.25, 0.3) is 0 Å². The highest BCUT2D eigenvalue weighted by Gasteiger charge is 2.23. The van der Waals surface area contributed by atoms with E-state index in [4.69, 9.17) is 9.47 Å². The van der Waals surface area contributed by atoms with Crippen LogP contribution >= 0.6 is 0 Å². The van der Waals surface area contributed by atoms with Crippen molar-refractivity contribution in [2.24, 2.45) is 0 Å². The Balaban J connectivity index is 4.54. The first-order valence-corrected chi connectivity index (χ1v) is 7.80. The van der Waals surface area contributed by atoms with E-state index in [1.54, 1.807) is 34.6 Å². The molecule has 0 aromatic heterocycles. The van der Waals surface area contributed by atoms with Crippen molar-refractivity contribution in [1.82, 2.24) is 5.32 Å². The van der Waals surface area contributed by atoms with Gasteiger partial charge in [-0.1, -0.05) is 0 Å². The van der Waals surface area contributed by atoms with E-state index in [1.165, 1.54) is 0 Å². The molecule has 0 radical (unpaired) electrons. The lowest BCUT2D eigenvalue weighted by atomic mass is 10.2. The van der Waals surface area contributed by atoms with E-state index in [-0.39, 0.29) is 26.4 Å². The zero-order valence-corrected chi connectivity index (χ0v) is 15.2. The van der Waals surface area contributed by atoms with E-state index in [0.29, 0.717) is 6.08 Å². The van der Waals surface area contributed by atoms with Crippen LogP contribution in [-0.4, -0.2) is 56.0 Å². The number of nitrogens with one attached hydrogen (secondary N) is 1. The van der Waals surface area contributed by atoms with Crippen LogP contribution in [-0.2, 0) is 33.3 Å². The quantitative estimate of drug-likeness (QED) is 0.171. The molecule has 0 aliphatic carbocycles. The fraction of sp³-hybridized carbons (Fsp3) is 0.625. The van der Waals surface area contributed by atoms with Gasteiger partial charge in [0.15, 0.2) is 5.57 Å². The Morgan fingerprint density at radius 3 is 1.88 bits per heavy atom. The molecule has 0 saturated heterocycles. The summed E-state index contributed by atoms with van der Waals surface area (Å²) < 4.78 is 19.2. The van der Waals surface area contributed by atoms with E-state index >= 15 is 0 Å². The Labute approximate surface area is 146 Å². The summed E-state index contributed by atoms with van der Waals surface area (Å²) in [6, 6.07) is 0. The van der Waals surface area contributed by atoms with Gasteiger partial charge in [-0.25, -0.2) is 19.2 Å². The number of carbonyl (C=O) groups is 4. The molecule has 0 aliphatic rings. The lowest BCUT2D eigenvalue weighted by molar-refractivity contribution is -0.148. The monoisotopic (exact) mass is 359 g/mol. The molecule has 0 rings (SSSR count). The van der Waals surface area contributed by atoms with Crippen LogP contribution in [0, 0.1) is 0 Å². The molecule has 0 aromatic carbocycles. The van der Waals surface area contributed by atoms with Gasteiger partial charge in [0.05, 0.1) is 19.8 Å². The third kappa shape index (κ3) is 10.7. The van der Waals surface area contributed by atoms with Crippen LogP contribution in [0.1, 0.15) is 34.6 Å². The Kier molecular flexibility index (Phi) is 9.92. The second kappa shape index (κ2) is 11.1. The van der Waals surface area contributed by atoms with Crippen molar-refractivity contribution >= 4 is 24.0 Å². The normalized spacial score (nSPS) is 10.3. The molecule has 0 fully saturated rings. The molecule has 0 heterocycles. The van der Waals surface area contributed by atoms with Crippen LogP contribution in [0.2, 0.25) is 0 Å². The van der Waals surface area contributed by atoms with Crippen LogP contribution in [0.3, 0.4) is 0 Å². The van der Waals surface area contributed by atoms with Gasteiger partial charge in [0, 0.05) is 6.08 Å². The van der Waals surface area contributed by atoms with E-state index in [0.717, 1.165) is 0 Å². The maximum absolute atomic E-state index is 11.7. The minimum atomic E-state index is -0.982. The number of hydrogen-bond donors (Lipinski definition) is 1. The van der Waals surface area contributed by atoms with Crippen LogP contribution in [0.4, 0.5) is 4.79 Å². The maximum Gasteiger partial charge on any atom is 0.407 e. The van der Waals surface area contributed by atoms with Gasteiger partial charge < -0.3 is 24.3 Å². The SMILES string of the molecule is CCOC(=O)C(=CC(=O)OCCNC(=O)OC(C)(C)C)C(=O)OCC. The van der Waals surface area contributed by atoms with Crippen molar-refractivity contribution in [3.05, 3.63) is 11.6 Å². The summed E-state index contributed by atoms with van der Waals surface area (Å²) in [5, 5.41) is 2.39. The first-order valence-electron chi connectivity index (χ1n) is 7.80. The molecule has 25 heavy (non-hydrogen) atoms. The van der Waals surface area contributed by atoms with E-state index in [9.17, 15) is 19.2 Å². The predicted molar refractivity (Wildman–Crippen MR) is 86.5 cm³/mol. The van der Waals surface area contributed by atoms with Gasteiger partial charge in [0.1, 0.15) is 12.2 Å². The van der Waals surface area contributed by atoms with Crippen molar-refractivity contribution < 1.29 is 38.1 Å². The largest absolute Gasteiger partial charge is 0.462 e. The standard InChI is InChI=1S/C16H25NO8/c1-6-22-13(19)11(14(20)23-7-2)10-12(18)24-9-8-17-15(21)25-16(3,4)5/h10H,6-9H2,1-5H3,(H,17,21). The van der Waals surface area contributed by atoms with E-state index in [1.807, 2.05) is 0 Å². The first-order chi connectivity index (χ1) is 11.6. The zero-order valence-electron chi connectivity index (χ0n) is 15.2. The summed E-state index contributed by atoms with van der Waals surface area (Å²) >= 11 is 0. The number of alkyl carbamates (subject to hydrolysis) is 1. The van der Waals surface area contributed by atoms with Gasteiger partial charge in [-0.3, -0.25) is 0 Å². The molecule has 0 saturated carbocycles. The van der Waals surface area contributed by atoms with Gasteiger partial charge in [-0.05, 0) is 34.6 Å². The summed E-state index contributed by atoms with van der Waals surface area (Å²) in [5.74, 6) is -2.91. The summed E-state index contributed by atoms with van der Waals surface area (Å²) in [6.45, 7) is 8.14. The molecular formula is C16H25NO8. The topological polar surface area (TPSA) is 117 Å². The fourth-order valence-corrected chi connectivity index (χ4v) is 1.40. The minimum Gasteiger partial charge on any atom is -0.462 e. The van der Waals surface area contributed by atoms with Crippen LogP contribution < -0.4 is 5.32 Å². The summed E-state index contributed by atoms with van der Waals surface area (Å²) in [7, 11) is 0. The lowest BCUT2D eigenvalue weighted by Crippen LogP contribution is -2.34. The first kappa shape index (κ1) is 22.4. The third-order valence-corrected chi connectivity index (χ3v) is 2.27. The Hall–Kier alpha value is -2.58. The van der Waals surface area contributed by atoms with Crippen LogP contribution in [0.25, 0.3) is 0 Å². The Morgan fingerprint density at radius 1 is 0.920 bits per heavy atom. The van der Waals surface area contributed by atoms with Crippen molar-refractivity contribution in [3.8, 4) is 0 Å². The van der Waals surface area contributed by atoms with Crippen molar-refractivity contribution in [2.75, 3.05) is 26.4 Å². The van der Waals surface area contributed by atoms with Gasteiger partial charge in [-0.2, -0.15) is 0 Å². The van der Waals surface area contributed by atoms with E-state index in [2.05, 4.69) is 14.8 Å². The summed E-state index contributed by atoms with van der Waals surface area (Å²) in [5.41, 5.74) is -1.20. The van der Waals surface area contributed by atoms with Crippen LogP contribution in [0.15, 0.2) is 11.6 Å². The number of rotatable bonds is 8. The zero-order chi connectivity index (χ0) is 19.5. The highest BCUT2D eigenvalue weighted by molar-refractivity contribution is 6.17. The minimum absolute atomic E-state index is 0.00262. The number of esters is 3. The Morgan fingerprint density at radius 2 is 1.44 bits per heavy atom. The molecular weight excluding hydrogens is 334 g/mol. The molecule has 0 aromatic rings. The highest BCUT2D eigenvalue weighted by Crippen LogP contribution is 2.06. The Bertz CT molecular complexity index is 499. The molecule has 0 spiro atoms. The molecule has 9 nitrogen and oxygen atoms in total. The lowest BCUT2D eigenvalue weighted by Gasteiger charge is -2.19. The second-order valence-electron chi connectivity index (χ2n) is 5.60. The molecule has 0 atom stereocenters. The van der Waals surface area contributed by atoms with Crippen molar-refractivity contribution in [3.63, 3.8) is 0 Å². The number of hydrogen-bond acceptors (Lipinski definition) is 8. The molecule has 0 aliphatic heterocycles. The second-order valence-corrected chi connectivity index (χ2v) is 5.60. The summed E-state index contributed by atoms with van der Waals surface area (Å²) in [6.07, 6.45) is 0.0431. The molecule has 0 unspecified atom stereocenters.